The SMILES string of the molecule is O=C1CCc2cc(-c3csc(C4CCS(=O)(=O)C4)n3)c(F)cc2N1. The van der Waals surface area contributed by atoms with E-state index in [-0.39, 0.29) is 23.3 Å². The molecule has 1 saturated heterocycles. The second kappa shape index (κ2) is 5.63. The average molecular weight is 366 g/mol. The zero-order chi connectivity index (χ0) is 16.9. The summed E-state index contributed by atoms with van der Waals surface area (Å²) in [6, 6.07) is 3.06. The van der Waals surface area contributed by atoms with E-state index in [9.17, 15) is 17.6 Å². The number of nitrogens with zero attached hydrogens (tertiary/aromatic N) is 1. The van der Waals surface area contributed by atoms with E-state index in [1.807, 2.05) is 0 Å². The van der Waals surface area contributed by atoms with E-state index in [1.165, 1.54) is 17.4 Å². The molecule has 1 unspecified atom stereocenters. The average Bonchev–Trinajstić information content (AvgIpc) is 3.13. The number of hydrogen-bond donors (Lipinski definition) is 1. The second-order valence-electron chi connectivity index (χ2n) is 6.21. The Morgan fingerprint density at radius 2 is 2.12 bits per heavy atom. The Morgan fingerprint density at radius 1 is 1.29 bits per heavy atom. The molecule has 1 N–H and O–H groups in total. The molecule has 0 radical (unpaired) electrons. The molecule has 2 aromatic rings. The highest BCUT2D eigenvalue weighted by molar-refractivity contribution is 7.91. The highest BCUT2D eigenvalue weighted by atomic mass is 32.2. The summed E-state index contributed by atoms with van der Waals surface area (Å²) in [7, 11) is -2.97. The summed E-state index contributed by atoms with van der Waals surface area (Å²) in [5, 5.41) is 5.19. The largest absolute Gasteiger partial charge is 0.326 e. The maximum Gasteiger partial charge on any atom is 0.224 e. The molecule has 1 aromatic carbocycles. The van der Waals surface area contributed by atoms with E-state index in [1.54, 1.807) is 11.4 Å². The number of hydrogen-bond acceptors (Lipinski definition) is 5. The van der Waals surface area contributed by atoms with Crippen LogP contribution in [0.4, 0.5) is 10.1 Å². The minimum absolute atomic E-state index is 0.0891. The Hall–Kier alpha value is -1.80. The van der Waals surface area contributed by atoms with Gasteiger partial charge in [0, 0.05) is 29.0 Å². The van der Waals surface area contributed by atoms with Crippen LogP contribution in [0.25, 0.3) is 11.3 Å². The lowest BCUT2D eigenvalue weighted by Gasteiger charge is -2.17. The standard InChI is InChI=1S/C16H15FN2O3S2/c17-12-6-13-9(1-2-15(20)18-13)5-11(12)14-7-23-16(19-14)10-3-4-24(21,22)8-10/h5-7,10H,1-4,8H2,(H,18,20). The third-order valence-corrected chi connectivity index (χ3v) is 7.24. The fraction of sp³-hybridized carbons (Fsp3) is 0.375. The zero-order valence-corrected chi connectivity index (χ0v) is 14.3. The Labute approximate surface area is 142 Å². The van der Waals surface area contributed by atoms with Gasteiger partial charge in [0.15, 0.2) is 9.84 Å². The van der Waals surface area contributed by atoms with Gasteiger partial charge in [0.25, 0.3) is 0 Å². The number of aromatic nitrogens is 1. The number of benzene rings is 1. The lowest BCUT2D eigenvalue weighted by atomic mass is 9.99. The van der Waals surface area contributed by atoms with Crippen molar-refractivity contribution in [3.05, 3.63) is 33.9 Å². The van der Waals surface area contributed by atoms with E-state index >= 15 is 0 Å². The number of aryl methyl sites for hydroxylation is 1. The van der Waals surface area contributed by atoms with Crippen LogP contribution >= 0.6 is 11.3 Å². The molecule has 1 atom stereocenters. The van der Waals surface area contributed by atoms with Crippen molar-refractivity contribution < 1.29 is 17.6 Å². The summed E-state index contributed by atoms with van der Waals surface area (Å²) >= 11 is 1.38. The number of anilines is 1. The molecule has 24 heavy (non-hydrogen) atoms. The molecule has 126 valence electrons. The molecule has 8 heteroatoms. The Morgan fingerprint density at radius 3 is 2.88 bits per heavy atom. The van der Waals surface area contributed by atoms with Crippen molar-refractivity contribution in [3.8, 4) is 11.3 Å². The van der Waals surface area contributed by atoms with Crippen molar-refractivity contribution >= 4 is 32.8 Å². The first-order valence-corrected chi connectivity index (χ1v) is 10.4. The van der Waals surface area contributed by atoms with Gasteiger partial charge in [0.2, 0.25) is 5.91 Å². The highest BCUT2D eigenvalue weighted by Gasteiger charge is 2.31. The molecule has 5 nitrogen and oxygen atoms in total. The van der Waals surface area contributed by atoms with Gasteiger partial charge in [-0.05, 0) is 30.5 Å². The normalized spacial score (nSPS) is 22.2. The molecule has 1 amide bonds. The monoisotopic (exact) mass is 366 g/mol. The maximum atomic E-state index is 14.4. The lowest BCUT2D eigenvalue weighted by molar-refractivity contribution is -0.116. The van der Waals surface area contributed by atoms with Gasteiger partial charge in [-0.15, -0.1) is 11.3 Å². The van der Waals surface area contributed by atoms with Crippen molar-refractivity contribution in [2.24, 2.45) is 0 Å². The van der Waals surface area contributed by atoms with Crippen molar-refractivity contribution in [2.45, 2.75) is 25.2 Å². The van der Waals surface area contributed by atoms with E-state index in [4.69, 9.17) is 0 Å². The van der Waals surface area contributed by atoms with Crippen LogP contribution in [-0.4, -0.2) is 30.8 Å². The van der Waals surface area contributed by atoms with Gasteiger partial charge in [0.1, 0.15) is 5.82 Å². The zero-order valence-electron chi connectivity index (χ0n) is 12.7. The van der Waals surface area contributed by atoms with Gasteiger partial charge in [-0.1, -0.05) is 0 Å². The molecule has 0 aliphatic carbocycles. The first-order valence-electron chi connectivity index (χ1n) is 7.70. The summed E-state index contributed by atoms with van der Waals surface area (Å²) in [6.07, 6.45) is 1.54. The fourth-order valence-electron chi connectivity index (χ4n) is 3.19. The molecule has 2 aliphatic heterocycles. The number of carbonyl (C=O) groups excluding carboxylic acids is 1. The van der Waals surface area contributed by atoms with Gasteiger partial charge >= 0.3 is 0 Å². The third kappa shape index (κ3) is 2.84. The van der Waals surface area contributed by atoms with Crippen molar-refractivity contribution in [2.75, 3.05) is 16.8 Å². The minimum atomic E-state index is -2.97. The molecule has 0 bridgehead atoms. The lowest BCUT2D eigenvalue weighted by Crippen LogP contribution is -2.19. The maximum absolute atomic E-state index is 14.4. The Kier molecular flexibility index (Phi) is 3.69. The number of thiazole rings is 1. The molecule has 4 rings (SSSR count). The predicted octanol–water partition coefficient (Wildman–Crippen LogP) is 2.74. The van der Waals surface area contributed by atoms with Crippen LogP contribution in [0.15, 0.2) is 17.5 Å². The molecule has 2 aliphatic rings. The van der Waals surface area contributed by atoms with Gasteiger partial charge in [-0.25, -0.2) is 17.8 Å². The van der Waals surface area contributed by atoms with Crippen LogP contribution in [0, 0.1) is 5.82 Å². The van der Waals surface area contributed by atoms with Crippen LogP contribution in [-0.2, 0) is 21.1 Å². The van der Waals surface area contributed by atoms with Crippen LogP contribution in [0.1, 0.15) is 29.3 Å². The summed E-state index contributed by atoms with van der Waals surface area (Å²) in [4.78, 5) is 15.9. The molecule has 0 spiro atoms. The quantitative estimate of drug-likeness (QED) is 0.887. The van der Waals surface area contributed by atoms with Crippen molar-refractivity contribution in [1.82, 2.24) is 4.98 Å². The van der Waals surface area contributed by atoms with Crippen molar-refractivity contribution in [1.29, 1.82) is 0 Å². The van der Waals surface area contributed by atoms with Gasteiger partial charge in [0.05, 0.1) is 22.2 Å². The Balaban J connectivity index is 1.66. The number of rotatable bonds is 2. The third-order valence-electron chi connectivity index (χ3n) is 4.47. The summed E-state index contributed by atoms with van der Waals surface area (Å²) in [5.41, 5.74) is 2.33. The van der Waals surface area contributed by atoms with Crippen LogP contribution in [0.2, 0.25) is 0 Å². The molecule has 1 fully saturated rings. The number of sulfone groups is 1. The number of amides is 1. The summed E-state index contributed by atoms with van der Waals surface area (Å²) in [5.74, 6) is -0.313. The molecule has 3 heterocycles. The van der Waals surface area contributed by atoms with Crippen LogP contribution in [0.3, 0.4) is 0 Å². The van der Waals surface area contributed by atoms with E-state index in [0.29, 0.717) is 36.2 Å². The number of halogens is 1. The number of fused-ring (bicyclic) bond motifs is 1. The highest BCUT2D eigenvalue weighted by Crippen LogP contribution is 2.36. The Bertz CT molecular complexity index is 937. The number of carbonyl (C=O) groups is 1. The van der Waals surface area contributed by atoms with Gasteiger partial charge < -0.3 is 5.32 Å². The summed E-state index contributed by atoms with van der Waals surface area (Å²) < 4.78 is 37.6. The van der Waals surface area contributed by atoms with Gasteiger partial charge in [-0.3, -0.25) is 4.79 Å². The summed E-state index contributed by atoms with van der Waals surface area (Å²) in [6.45, 7) is 0. The van der Waals surface area contributed by atoms with Crippen molar-refractivity contribution in [3.63, 3.8) is 0 Å². The van der Waals surface area contributed by atoms with Crippen LogP contribution in [0.5, 0.6) is 0 Å². The number of nitrogens with one attached hydrogen (secondary N) is 1. The molecular formula is C16H15FN2O3S2. The van der Waals surface area contributed by atoms with E-state index in [0.717, 1.165) is 10.6 Å². The smallest absolute Gasteiger partial charge is 0.224 e. The van der Waals surface area contributed by atoms with E-state index in [2.05, 4.69) is 10.3 Å². The topological polar surface area (TPSA) is 76.1 Å². The fourth-order valence-corrected chi connectivity index (χ4v) is 6.00. The molecule has 1 aromatic heterocycles. The van der Waals surface area contributed by atoms with E-state index < -0.39 is 15.7 Å². The minimum Gasteiger partial charge on any atom is -0.326 e. The van der Waals surface area contributed by atoms with Crippen LogP contribution < -0.4 is 5.32 Å². The van der Waals surface area contributed by atoms with Gasteiger partial charge in [-0.2, -0.15) is 0 Å². The predicted molar refractivity (Wildman–Crippen MR) is 90.5 cm³/mol. The second-order valence-corrected chi connectivity index (χ2v) is 9.33. The molecule has 0 saturated carbocycles. The molecular weight excluding hydrogens is 351 g/mol. The first kappa shape index (κ1) is 15.7. The first-order chi connectivity index (χ1) is 11.4.